The Hall–Kier alpha value is -1.36. The van der Waals surface area contributed by atoms with Crippen LogP contribution in [0.1, 0.15) is 13.3 Å². The Bertz CT molecular complexity index is 613. The van der Waals surface area contributed by atoms with Crippen LogP contribution in [0.2, 0.25) is 5.02 Å². The molecule has 0 aliphatic carbocycles. The van der Waals surface area contributed by atoms with Gasteiger partial charge in [-0.15, -0.1) is 0 Å². The number of pyridine rings is 1. The molecule has 2 unspecified atom stereocenters. The third kappa shape index (κ3) is 3.64. The predicted octanol–water partition coefficient (Wildman–Crippen LogP) is 3.07. The molecule has 2 N–H and O–H groups in total. The van der Waals surface area contributed by atoms with E-state index in [2.05, 4.69) is 22.5 Å². The van der Waals surface area contributed by atoms with Gasteiger partial charge in [0.25, 0.3) is 0 Å². The molecule has 2 heterocycles. The van der Waals surface area contributed by atoms with Crippen LogP contribution in [0.15, 0.2) is 30.5 Å². The largest absolute Gasteiger partial charge is 0.381 e. The zero-order valence-corrected chi connectivity index (χ0v) is 12.9. The van der Waals surface area contributed by atoms with Gasteiger partial charge in [-0.05, 0) is 31.5 Å². The Morgan fingerprint density at radius 2 is 2.43 bits per heavy atom. The maximum absolute atomic E-state index is 6.20. The quantitative estimate of drug-likeness (QED) is 0.911. The van der Waals surface area contributed by atoms with Crippen LogP contribution in [0.4, 0.5) is 5.69 Å². The standard InChI is InChI=1S/C16H20ClN3O/c1-11(7-14-10-21-6-5-18-14)20-15-9-13(17)8-12-3-2-4-19-16(12)15/h2-4,8-9,11,14,18,20H,5-7,10H2,1H3. The van der Waals surface area contributed by atoms with Crippen LogP contribution in [-0.4, -0.2) is 36.8 Å². The number of nitrogens with zero attached hydrogens (tertiary/aromatic N) is 1. The lowest BCUT2D eigenvalue weighted by Gasteiger charge is -2.27. The van der Waals surface area contributed by atoms with Gasteiger partial charge in [0.15, 0.2) is 0 Å². The average Bonchev–Trinajstić information content (AvgIpc) is 2.48. The van der Waals surface area contributed by atoms with Crippen LogP contribution in [0, 0.1) is 0 Å². The van der Waals surface area contributed by atoms with Crippen LogP contribution in [0.25, 0.3) is 10.9 Å². The minimum absolute atomic E-state index is 0.313. The highest BCUT2D eigenvalue weighted by Gasteiger charge is 2.17. The van der Waals surface area contributed by atoms with Gasteiger partial charge in [-0.3, -0.25) is 4.98 Å². The molecule has 1 saturated heterocycles. The maximum atomic E-state index is 6.20. The zero-order valence-electron chi connectivity index (χ0n) is 12.1. The third-order valence-corrected chi connectivity index (χ3v) is 3.93. The summed E-state index contributed by atoms with van der Waals surface area (Å²) in [7, 11) is 0. The van der Waals surface area contributed by atoms with Crippen LogP contribution in [0.3, 0.4) is 0 Å². The number of rotatable bonds is 4. The molecule has 1 aliphatic heterocycles. The lowest BCUT2D eigenvalue weighted by molar-refractivity contribution is 0.0731. The van der Waals surface area contributed by atoms with Crippen molar-refractivity contribution in [2.45, 2.75) is 25.4 Å². The van der Waals surface area contributed by atoms with E-state index in [0.717, 1.165) is 47.8 Å². The molecule has 1 aliphatic rings. The molecule has 0 bridgehead atoms. The maximum Gasteiger partial charge on any atom is 0.0934 e. The van der Waals surface area contributed by atoms with E-state index in [0.29, 0.717) is 12.1 Å². The second-order valence-electron chi connectivity index (χ2n) is 5.54. The molecule has 2 atom stereocenters. The minimum Gasteiger partial charge on any atom is -0.381 e. The van der Waals surface area contributed by atoms with Crippen LogP contribution in [-0.2, 0) is 4.74 Å². The predicted molar refractivity (Wildman–Crippen MR) is 87.1 cm³/mol. The molecule has 1 aromatic heterocycles. The molecule has 1 fully saturated rings. The molecule has 3 rings (SSSR count). The van der Waals surface area contributed by atoms with Gasteiger partial charge in [0, 0.05) is 35.2 Å². The first-order valence-corrected chi connectivity index (χ1v) is 7.72. The van der Waals surface area contributed by atoms with E-state index in [9.17, 15) is 0 Å². The summed E-state index contributed by atoms with van der Waals surface area (Å²) in [6.07, 6.45) is 2.81. The zero-order chi connectivity index (χ0) is 14.7. The van der Waals surface area contributed by atoms with E-state index in [1.54, 1.807) is 0 Å². The normalized spacial score (nSPS) is 20.4. The van der Waals surface area contributed by atoms with Gasteiger partial charge < -0.3 is 15.4 Å². The van der Waals surface area contributed by atoms with E-state index < -0.39 is 0 Å². The van der Waals surface area contributed by atoms with Crippen molar-refractivity contribution in [1.82, 2.24) is 10.3 Å². The number of ether oxygens (including phenoxy) is 1. The molecule has 1 aromatic carbocycles. The van der Waals surface area contributed by atoms with Crippen molar-refractivity contribution in [3.05, 3.63) is 35.5 Å². The molecule has 0 radical (unpaired) electrons. The van der Waals surface area contributed by atoms with Crippen LogP contribution < -0.4 is 10.6 Å². The molecule has 0 amide bonds. The highest BCUT2D eigenvalue weighted by molar-refractivity contribution is 6.31. The first-order chi connectivity index (χ1) is 10.2. The Balaban J connectivity index is 1.74. The smallest absolute Gasteiger partial charge is 0.0934 e. The molecule has 2 aromatic rings. The molecule has 0 spiro atoms. The van der Waals surface area contributed by atoms with Crippen LogP contribution in [0.5, 0.6) is 0 Å². The highest BCUT2D eigenvalue weighted by Crippen LogP contribution is 2.27. The van der Waals surface area contributed by atoms with Gasteiger partial charge in [0.2, 0.25) is 0 Å². The van der Waals surface area contributed by atoms with Gasteiger partial charge >= 0.3 is 0 Å². The van der Waals surface area contributed by atoms with Crippen molar-refractivity contribution in [2.75, 3.05) is 25.1 Å². The van der Waals surface area contributed by atoms with Gasteiger partial charge in [-0.2, -0.15) is 0 Å². The number of benzene rings is 1. The first kappa shape index (κ1) is 14.6. The summed E-state index contributed by atoms with van der Waals surface area (Å²) in [5, 5.41) is 8.79. The lowest BCUT2D eigenvalue weighted by atomic mass is 10.1. The lowest BCUT2D eigenvalue weighted by Crippen LogP contribution is -2.43. The molecule has 0 saturated carbocycles. The number of anilines is 1. The van der Waals surface area contributed by atoms with Crippen LogP contribution >= 0.6 is 11.6 Å². The molecule has 4 nitrogen and oxygen atoms in total. The topological polar surface area (TPSA) is 46.2 Å². The average molecular weight is 306 g/mol. The number of hydrogen-bond donors (Lipinski definition) is 2. The molecule has 112 valence electrons. The fourth-order valence-electron chi connectivity index (χ4n) is 2.79. The van der Waals surface area contributed by atoms with Crippen molar-refractivity contribution in [2.24, 2.45) is 0 Å². The number of fused-ring (bicyclic) bond motifs is 1. The van der Waals surface area contributed by atoms with E-state index in [4.69, 9.17) is 16.3 Å². The minimum atomic E-state index is 0.313. The van der Waals surface area contributed by atoms with E-state index in [1.807, 2.05) is 30.5 Å². The van der Waals surface area contributed by atoms with E-state index in [1.165, 1.54) is 0 Å². The fraction of sp³-hybridized carbons (Fsp3) is 0.438. The van der Waals surface area contributed by atoms with Crippen molar-refractivity contribution in [3.63, 3.8) is 0 Å². The summed E-state index contributed by atoms with van der Waals surface area (Å²) in [5.41, 5.74) is 1.95. The second-order valence-corrected chi connectivity index (χ2v) is 5.97. The Morgan fingerprint density at radius 3 is 3.24 bits per heavy atom. The Kier molecular flexibility index (Phi) is 4.58. The van der Waals surface area contributed by atoms with E-state index in [-0.39, 0.29) is 0 Å². The third-order valence-electron chi connectivity index (χ3n) is 3.71. The van der Waals surface area contributed by atoms with Crippen molar-refractivity contribution < 1.29 is 4.74 Å². The number of morpholine rings is 1. The molecular formula is C16H20ClN3O. The summed E-state index contributed by atoms with van der Waals surface area (Å²) < 4.78 is 5.50. The van der Waals surface area contributed by atoms with Crippen molar-refractivity contribution in [3.8, 4) is 0 Å². The SMILES string of the molecule is CC(CC1COCCN1)Nc1cc(Cl)cc2cccnc12. The Morgan fingerprint density at radius 1 is 1.52 bits per heavy atom. The highest BCUT2D eigenvalue weighted by atomic mass is 35.5. The summed E-state index contributed by atoms with van der Waals surface area (Å²) in [4.78, 5) is 4.46. The van der Waals surface area contributed by atoms with Crippen molar-refractivity contribution >= 4 is 28.2 Å². The number of nitrogens with one attached hydrogen (secondary N) is 2. The summed E-state index contributed by atoms with van der Waals surface area (Å²) in [5.74, 6) is 0. The number of halogens is 1. The van der Waals surface area contributed by atoms with Gasteiger partial charge in [0.05, 0.1) is 24.4 Å². The summed E-state index contributed by atoms with van der Waals surface area (Å²) >= 11 is 6.20. The summed E-state index contributed by atoms with van der Waals surface area (Å²) in [6, 6.07) is 8.55. The summed E-state index contributed by atoms with van der Waals surface area (Å²) in [6.45, 7) is 4.69. The molecular weight excluding hydrogens is 286 g/mol. The number of aromatic nitrogens is 1. The monoisotopic (exact) mass is 305 g/mol. The first-order valence-electron chi connectivity index (χ1n) is 7.34. The number of hydrogen-bond acceptors (Lipinski definition) is 4. The Labute approximate surface area is 129 Å². The fourth-order valence-corrected chi connectivity index (χ4v) is 3.01. The van der Waals surface area contributed by atoms with E-state index >= 15 is 0 Å². The molecule has 5 heteroatoms. The van der Waals surface area contributed by atoms with Gasteiger partial charge in [0.1, 0.15) is 0 Å². The van der Waals surface area contributed by atoms with Crippen molar-refractivity contribution in [1.29, 1.82) is 0 Å². The van der Waals surface area contributed by atoms with Gasteiger partial charge in [-0.1, -0.05) is 17.7 Å². The second kappa shape index (κ2) is 6.60. The van der Waals surface area contributed by atoms with Gasteiger partial charge in [-0.25, -0.2) is 0 Å². The molecule has 21 heavy (non-hydrogen) atoms.